The van der Waals surface area contributed by atoms with E-state index in [0.29, 0.717) is 18.5 Å². The zero-order valence-electron chi connectivity index (χ0n) is 12.6. The minimum Gasteiger partial charge on any atom is -0.494 e. The maximum atomic E-state index is 13.5. The number of carbonyl (C=O) groups excluding carboxylic acids is 1. The van der Waals surface area contributed by atoms with E-state index in [1.54, 1.807) is 13.0 Å². The molecule has 0 aliphatic carbocycles. The molecule has 0 spiro atoms. The molecule has 0 saturated heterocycles. The molecule has 2 unspecified atom stereocenters. The van der Waals surface area contributed by atoms with Gasteiger partial charge in [-0.05, 0) is 43.0 Å². The maximum Gasteiger partial charge on any atom is 0.244 e. The first kappa shape index (κ1) is 17.2. The van der Waals surface area contributed by atoms with E-state index < -0.39 is 5.82 Å². The average Bonchev–Trinajstić information content (AvgIpc) is 2.42. The monoisotopic (exact) mass is 295 g/mol. The summed E-state index contributed by atoms with van der Waals surface area (Å²) in [6, 6.07) is 4.48. The molecular weight excluding hydrogens is 273 g/mol. The molecule has 21 heavy (non-hydrogen) atoms. The third-order valence-corrected chi connectivity index (χ3v) is 2.97. The molecular formula is C16H22FNO3. The molecule has 0 aliphatic rings. The fourth-order valence-corrected chi connectivity index (χ4v) is 1.96. The first-order valence-electron chi connectivity index (χ1n) is 6.90. The van der Waals surface area contributed by atoms with Crippen LogP contribution in [0.2, 0.25) is 0 Å². The van der Waals surface area contributed by atoms with E-state index >= 15 is 0 Å². The van der Waals surface area contributed by atoms with Gasteiger partial charge in [0, 0.05) is 12.6 Å². The molecule has 1 aromatic rings. The number of hydrogen-bond donors (Lipinski definition) is 2. The van der Waals surface area contributed by atoms with Crippen LogP contribution >= 0.6 is 0 Å². The van der Waals surface area contributed by atoms with E-state index in [-0.39, 0.29) is 23.7 Å². The molecule has 2 N–H and O–H groups in total. The topological polar surface area (TPSA) is 58.6 Å². The van der Waals surface area contributed by atoms with E-state index in [9.17, 15) is 14.3 Å². The number of amides is 1. The van der Waals surface area contributed by atoms with Crippen LogP contribution in [0.25, 0.3) is 6.08 Å². The number of methoxy groups -OCH3 is 1. The lowest BCUT2D eigenvalue weighted by Gasteiger charge is -2.13. The second kappa shape index (κ2) is 8.42. The number of ether oxygens (including phenoxy) is 1. The summed E-state index contributed by atoms with van der Waals surface area (Å²) in [5, 5.41) is 12.0. The number of rotatable bonds is 7. The number of nitrogens with one attached hydrogen (secondary N) is 1. The van der Waals surface area contributed by atoms with Crippen LogP contribution in [0.4, 0.5) is 4.39 Å². The Labute approximate surface area is 124 Å². The van der Waals surface area contributed by atoms with Crippen LogP contribution in [0.1, 0.15) is 25.8 Å². The van der Waals surface area contributed by atoms with Gasteiger partial charge in [-0.2, -0.15) is 0 Å². The molecule has 0 heterocycles. The molecule has 0 saturated carbocycles. The van der Waals surface area contributed by atoms with Gasteiger partial charge in [-0.15, -0.1) is 0 Å². The lowest BCUT2D eigenvalue weighted by Crippen LogP contribution is -2.27. The second-order valence-electron chi connectivity index (χ2n) is 5.16. The summed E-state index contributed by atoms with van der Waals surface area (Å²) in [6.07, 6.45) is 3.15. The number of aliphatic hydroxyl groups excluding tert-OH is 1. The largest absolute Gasteiger partial charge is 0.494 e. The average molecular weight is 295 g/mol. The highest BCUT2D eigenvalue weighted by molar-refractivity contribution is 5.91. The lowest BCUT2D eigenvalue weighted by molar-refractivity contribution is -0.116. The summed E-state index contributed by atoms with van der Waals surface area (Å²) in [7, 11) is 1.40. The van der Waals surface area contributed by atoms with Gasteiger partial charge in [-0.3, -0.25) is 4.79 Å². The Morgan fingerprint density at radius 1 is 1.48 bits per heavy atom. The fraction of sp³-hybridized carbons (Fsp3) is 0.438. The predicted molar refractivity (Wildman–Crippen MR) is 80.5 cm³/mol. The quantitative estimate of drug-likeness (QED) is 0.759. The van der Waals surface area contributed by atoms with Gasteiger partial charge in [0.2, 0.25) is 5.91 Å². The van der Waals surface area contributed by atoms with Crippen molar-refractivity contribution in [3.8, 4) is 5.75 Å². The summed E-state index contributed by atoms with van der Waals surface area (Å²) >= 11 is 0. The van der Waals surface area contributed by atoms with E-state index in [0.717, 1.165) is 0 Å². The molecule has 116 valence electrons. The Balaban J connectivity index is 2.49. The van der Waals surface area contributed by atoms with Crippen molar-refractivity contribution < 1.29 is 19.0 Å². The van der Waals surface area contributed by atoms with Gasteiger partial charge in [0.1, 0.15) is 0 Å². The van der Waals surface area contributed by atoms with Gasteiger partial charge in [0.25, 0.3) is 0 Å². The molecule has 0 aliphatic heterocycles. The number of benzene rings is 1. The molecule has 0 aromatic heterocycles. The summed E-state index contributed by atoms with van der Waals surface area (Å²) in [4.78, 5) is 11.6. The Hall–Kier alpha value is -1.88. The van der Waals surface area contributed by atoms with Crippen molar-refractivity contribution in [1.82, 2.24) is 5.32 Å². The van der Waals surface area contributed by atoms with Gasteiger partial charge in [-0.25, -0.2) is 4.39 Å². The zero-order valence-corrected chi connectivity index (χ0v) is 12.6. The van der Waals surface area contributed by atoms with Crippen molar-refractivity contribution in [2.75, 3.05) is 13.7 Å². The molecule has 0 bridgehead atoms. The Kier molecular flexibility index (Phi) is 6.88. The third-order valence-electron chi connectivity index (χ3n) is 2.97. The minimum atomic E-state index is -0.467. The summed E-state index contributed by atoms with van der Waals surface area (Å²) in [6.45, 7) is 4.16. The Bertz CT molecular complexity index is 500. The van der Waals surface area contributed by atoms with Crippen molar-refractivity contribution in [1.29, 1.82) is 0 Å². The fourth-order valence-electron chi connectivity index (χ4n) is 1.96. The number of carbonyl (C=O) groups is 1. The van der Waals surface area contributed by atoms with Crippen molar-refractivity contribution in [2.45, 2.75) is 26.4 Å². The van der Waals surface area contributed by atoms with Crippen LogP contribution in [-0.4, -0.2) is 30.8 Å². The van der Waals surface area contributed by atoms with E-state index in [1.807, 2.05) is 6.92 Å². The van der Waals surface area contributed by atoms with Crippen LogP contribution in [0.15, 0.2) is 24.3 Å². The maximum absolute atomic E-state index is 13.5. The molecule has 0 fully saturated rings. The predicted octanol–water partition coefficient (Wildman–Crippen LogP) is 2.37. The van der Waals surface area contributed by atoms with Gasteiger partial charge >= 0.3 is 0 Å². The van der Waals surface area contributed by atoms with Gasteiger partial charge in [-0.1, -0.05) is 13.0 Å². The van der Waals surface area contributed by atoms with Gasteiger partial charge < -0.3 is 15.2 Å². The summed E-state index contributed by atoms with van der Waals surface area (Å²) < 4.78 is 18.3. The number of halogens is 1. The molecule has 0 radical (unpaired) electrons. The van der Waals surface area contributed by atoms with Crippen molar-refractivity contribution >= 4 is 12.0 Å². The second-order valence-corrected chi connectivity index (χ2v) is 5.16. The summed E-state index contributed by atoms with van der Waals surface area (Å²) in [5.74, 6) is -0.349. The first-order chi connectivity index (χ1) is 9.92. The molecule has 1 amide bonds. The van der Waals surface area contributed by atoms with Crippen molar-refractivity contribution in [3.63, 3.8) is 0 Å². The number of aliphatic hydroxyl groups is 1. The van der Waals surface area contributed by atoms with Crippen molar-refractivity contribution in [3.05, 3.63) is 35.7 Å². The molecule has 4 nitrogen and oxygen atoms in total. The Morgan fingerprint density at radius 2 is 2.19 bits per heavy atom. The molecule has 1 aromatic carbocycles. The van der Waals surface area contributed by atoms with Gasteiger partial charge in [0.05, 0.1) is 13.2 Å². The minimum absolute atomic E-state index is 0.170. The first-order valence-corrected chi connectivity index (χ1v) is 6.90. The SMILES string of the molecule is COc1ccc(C=CC(=O)NCC(C)CC(C)O)cc1F. The zero-order chi connectivity index (χ0) is 15.8. The van der Waals surface area contributed by atoms with Crippen LogP contribution in [0.5, 0.6) is 5.75 Å². The summed E-state index contributed by atoms with van der Waals surface area (Å²) in [5.41, 5.74) is 0.584. The molecule has 2 atom stereocenters. The highest BCUT2D eigenvalue weighted by Crippen LogP contribution is 2.18. The van der Waals surface area contributed by atoms with Gasteiger partial charge in [0.15, 0.2) is 11.6 Å². The molecule has 1 rings (SSSR count). The van der Waals surface area contributed by atoms with Crippen LogP contribution in [0, 0.1) is 11.7 Å². The van der Waals surface area contributed by atoms with Crippen LogP contribution in [-0.2, 0) is 4.79 Å². The molecule has 5 heteroatoms. The van der Waals surface area contributed by atoms with Crippen LogP contribution in [0.3, 0.4) is 0 Å². The highest BCUT2D eigenvalue weighted by atomic mass is 19.1. The Morgan fingerprint density at radius 3 is 2.76 bits per heavy atom. The highest BCUT2D eigenvalue weighted by Gasteiger charge is 2.07. The number of hydrogen-bond acceptors (Lipinski definition) is 3. The van der Waals surface area contributed by atoms with Crippen molar-refractivity contribution in [2.24, 2.45) is 5.92 Å². The van der Waals surface area contributed by atoms with E-state index in [2.05, 4.69) is 5.32 Å². The smallest absolute Gasteiger partial charge is 0.244 e. The standard InChI is InChI=1S/C16H22FNO3/c1-11(8-12(2)19)10-18-16(20)7-5-13-4-6-15(21-3)14(17)9-13/h4-7,9,11-12,19H,8,10H2,1-3H3,(H,18,20). The lowest BCUT2D eigenvalue weighted by atomic mass is 10.0. The van der Waals surface area contributed by atoms with E-state index in [4.69, 9.17) is 4.74 Å². The normalized spacial score (nSPS) is 14.0. The third kappa shape index (κ3) is 6.40. The van der Waals surface area contributed by atoms with Crippen LogP contribution < -0.4 is 10.1 Å². The van der Waals surface area contributed by atoms with E-state index in [1.165, 1.54) is 31.4 Å².